The van der Waals surface area contributed by atoms with Crippen LogP contribution in [-0.4, -0.2) is 41.5 Å². The van der Waals surface area contributed by atoms with Crippen molar-refractivity contribution in [3.63, 3.8) is 0 Å². The normalized spacial score (nSPS) is 13.9. The monoisotopic (exact) mass is 531 g/mol. The number of likely N-dealkylation sites (tertiary alicyclic amines) is 1. The van der Waals surface area contributed by atoms with Gasteiger partial charge >= 0.3 is 0 Å². The number of hydrogen-bond donors (Lipinski definition) is 2. The van der Waals surface area contributed by atoms with E-state index in [2.05, 4.69) is 40.4 Å². The summed E-state index contributed by atoms with van der Waals surface area (Å²) >= 11 is 8.82. The molecule has 2 N–H and O–H groups in total. The molecule has 0 unspecified atom stereocenters. The van der Waals surface area contributed by atoms with E-state index in [1.165, 1.54) is 0 Å². The van der Waals surface area contributed by atoms with Crippen LogP contribution in [-0.2, 0) is 0 Å². The molecule has 0 bridgehead atoms. The molecular formula is C25H30BrN3O3S. The molecule has 2 aromatic rings. The number of para-hydroxylation sites is 1. The highest BCUT2D eigenvalue weighted by atomic mass is 79.9. The Kier molecular flexibility index (Phi) is 9.26. The quantitative estimate of drug-likeness (QED) is 0.473. The van der Waals surface area contributed by atoms with Gasteiger partial charge in [-0.2, -0.15) is 0 Å². The summed E-state index contributed by atoms with van der Waals surface area (Å²) < 4.78 is 6.43. The van der Waals surface area contributed by atoms with E-state index in [1.807, 2.05) is 17.0 Å². The highest BCUT2D eigenvalue weighted by Gasteiger charge is 2.20. The number of rotatable bonds is 6. The molecule has 1 aliphatic rings. The molecule has 1 fully saturated rings. The fourth-order valence-corrected chi connectivity index (χ4v) is 4.26. The van der Waals surface area contributed by atoms with Gasteiger partial charge in [-0.25, -0.2) is 0 Å². The topological polar surface area (TPSA) is 70.7 Å². The Labute approximate surface area is 209 Å². The number of amides is 2. The highest BCUT2D eigenvalue weighted by molar-refractivity contribution is 9.10. The Morgan fingerprint density at radius 2 is 1.79 bits per heavy atom. The summed E-state index contributed by atoms with van der Waals surface area (Å²) in [6, 6.07) is 12.4. The van der Waals surface area contributed by atoms with Crippen molar-refractivity contribution in [1.82, 2.24) is 10.2 Å². The van der Waals surface area contributed by atoms with E-state index >= 15 is 0 Å². The minimum absolute atomic E-state index is 0.0185. The van der Waals surface area contributed by atoms with Gasteiger partial charge in [0.2, 0.25) is 0 Å². The molecule has 3 rings (SSSR count). The molecule has 1 aliphatic heterocycles. The lowest BCUT2D eigenvalue weighted by molar-refractivity contribution is 0.0762. The standard InChI is InChI=1S/C25H30BrN3O3S/c1-17(2)16-32-22-12-11-18(15-20(22)26)23(30)28-25(33)27-21-10-6-5-9-19(21)24(31)29-13-7-3-4-8-14-29/h5-6,9-12,15,17H,3-4,7-8,13-14,16H2,1-2H3,(H2,27,28,30,33). The third-order valence-electron chi connectivity index (χ3n) is 5.29. The number of nitrogens with zero attached hydrogens (tertiary/aromatic N) is 1. The molecule has 2 aromatic carbocycles. The van der Waals surface area contributed by atoms with Crippen molar-refractivity contribution in [2.24, 2.45) is 5.92 Å². The van der Waals surface area contributed by atoms with Gasteiger partial charge in [-0.15, -0.1) is 0 Å². The second kappa shape index (κ2) is 12.1. The van der Waals surface area contributed by atoms with Gasteiger partial charge in [0.15, 0.2) is 5.11 Å². The number of nitrogens with one attached hydrogen (secondary N) is 2. The highest BCUT2D eigenvalue weighted by Crippen LogP contribution is 2.26. The maximum atomic E-state index is 13.1. The van der Waals surface area contributed by atoms with Crippen LogP contribution in [0.1, 0.15) is 60.2 Å². The molecule has 0 aromatic heterocycles. The van der Waals surface area contributed by atoms with Crippen molar-refractivity contribution in [2.75, 3.05) is 25.0 Å². The first-order valence-corrected chi connectivity index (χ1v) is 12.5. The smallest absolute Gasteiger partial charge is 0.257 e. The fourth-order valence-electron chi connectivity index (χ4n) is 3.57. The number of thiocarbonyl (C=S) groups is 1. The molecule has 33 heavy (non-hydrogen) atoms. The van der Waals surface area contributed by atoms with Crippen molar-refractivity contribution in [2.45, 2.75) is 39.5 Å². The molecule has 2 amide bonds. The molecule has 0 atom stereocenters. The Balaban J connectivity index is 1.64. The van der Waals surface area contributed by atoms with E-state index in [-0.39, 0.29) is 16.9 Å². The summed E-state index contributed by atoms with van der Waals surface area (Å²) in [5.74, 6) is 0.717. The van der Waals surface area contributed by atoms with Crippen LogP contribution in [0.2, 0.25) is 0 Å². The second-order valence-electron chi connectivity index (χ2n) is 8.51. The summed E-state index contributed by atoms with van der Waals surface area (Å²) in [6.45, 7) is 6.26. The van der Waals surface area contributed by atoms with E-state index in [0.717, 1.165) is 38.8 Å². The zero-order valence-electron chi connectivity index (χ0n) is 19.0. The fraction of sp³-hybridized carbons (Fsp3) is 0.400. The van der Waals surface area contributed by atoms with E-state index in [0.29, 0.717) is 39.6 Å². The first-order valence-electron chi connectivity index (χ1n) is 11.3. The lowest BCUT2D eigenvalue weighted by Crippen LogP contribution is -2.36. The molecule has 1 saturated heterocycles. The third-order valence-corrected chi connectivity index (χ3v) is 6.12. The first kappa shape index (κ1) is 25.2. The van der Waals surface area contributed by atoms with Gasteiger partial charge in [-0.1, -0.05) is 38.8 Å². The van der Waals surface area contributed by atoms with Gasteiger partial charge in [0.25, 0.3) is 11.8 Å². The van der Waals surface area contributed by atoms with Crippen LogP contribution < -0.4 is 15.4 Å². The molecule has 1 heterocycles. The van der Waals surface area contributed by atoms with Gasteiger partial charge < -0.3 is 15.0 Å². The van der Waals surface area contributed by atoms with Crippen molar-refractivity contribution in [1.29, 1.82) is 0 Å². The molecule has 0 aliphatic carbocycles. The Morgan fingerprint density at radius 1 is 1.09 bits per heavy atom. The van der Waals surface area contributed by atoms with E-state index < -0.39 is 0 Å². The molecular weight excluding hydrogens is 502 g/mol. The van der Waals surface area contributed by atoms with Gasteiger partial charge in [-0.3, -0.25) is 14.9 Å². The predicted molar refractivity (Wildman–Crippen MR) is 139 cm³/mol. The minimum Gasteiger partial charge on any atom is -0.492 e. The Hall–Kier alpha value is -2.45. The van der Waals surface area contributed by atoms with Gasteiger partial charge in [0.05, 0.1) is 22.3 Å². The number of carbonyl (C=O) groups excluding carboxylic acids is 2. The Morgan fingerprint density at radius 3 is 2.45 bits per heavy atom. The number of hydrogen-bond acceptors (Lipinski definition) is 4. The minimum atomic E-state index is -0.347. The number of carbonyl (C=O) groups is 2. The molecule has 0 saturated carbocycles. The third kappa shape index (κ3) is 7.27. The van der Waals surface area contributed by atoms with Crippen LogP contribution in [0.5, 0.6) is 5.75 Å². The zero-order chi connectivity index (χ0) is 23.8. The van der Waals surface area contributed by atoms with Crippen LogP contribution in [0.4, 0.5) is 5.69 Å². The summed E-state index contributed by atoms with van der Waals surface area (Å²) in [5, 5.41) is 5.85. The summed E-state index contributed by atoms with van der Waals surface area (Å²) in [4.78, 5) is 27.7. The van der Waals surface area contributed by atoms with Crippen molar-refractivity contribution >= 4 is 50.8 Å². The van der Waals surface area contributed by atoms with Crippen LogP contribution in [0.3, 0.4) is 0 Å². The van der Waals surface area contributed by atoms with Crippen LogP contribution in [0, 0.1) is 5.92 Å². The van der Waals surface area contributed by atoms with Gasteiger partial charge in [-0.05, 0) is 77.2 Å². The number of anilines is 1. The molecule has 0 radical (unpaired) electrons. The molecule has 176 valence electrons. The molecule has 8 heteroatoms. The maximum absolute atomic E-state index is 13.1. The van der Waals surface area contributed by atoms with Crippen LogP contribution >= 0.6 is 28.1 Å². The number of halogens is 1. The van der Waals surface area contributed by atoms with Crippen molar-refractivity contribution < 1.29 is 14.3 Å². The SMILES string of the molecule is CC(C)COc1ccc(C(=O)NC(=S)Nc2ccccc2C(=O)N2CCCCCC2)cc1Br. The van der Waals surface area contributed by atoms with Crippen molar-refractivity contribution in [3.05, 3.63) is 58.1 Å². The average molecular weight is 533 g/mol. The first-order chi connectivity index (χ1) is 15.8. The van der Waals surface area contributed by atoms with E-state index in [9.17, 15) is 9.59 Å². The largest absolute Gasteiger partial charge is 0.492 e. The number of benzene rings is 2. The molecule has 6 nitrogen and oxygen atoms in total. The van der Waals surface area contributed by atoms with Crippen molar-refractivity contribution in [3.8, 4) is 5.75 Å². The summed E-state index contributed by atoms with van der Waals surface area (Å²) in [5.41, 5.74) is 1.57. The van der Waals surface area contributed by atoms with Gasteiger partial charge in [0, 0.05) is 18.7 Å². The summed E-state index contributed by atoms with van der Waals surface area (Å²) in [6.07, 6.45) is 4.35. The predicted octanol–water partition coefficient (Wildman–Crippen LogP) is 5.63. The van der Waals surface area contributed by atoms with E-state index in [1.54, 1.807) is 30.3 Å². The average Bonchev–Trinajstić information content (AvgIpc) is 3.07. The summed E-state index contributed by atoms with van der Waals surface area (Å²) in [7, 11) is 0. The van der Waals surface area contributed by atoms with Gasteiger partial charge in [0.1, 0.15) is 5.75 Å². The Bertz CT molecular complexity index is 1000. The lowest BCUT2D eigenvalue weighted by atomic mass is 10.1. The number of ether oxygens (including phenoxy) is 1. The maximum Gasteiger partial charge on any atom is 0.257 e. The zero-order valence-corrected chi connectivity index (χ0v) is 21.4. The van der Waals surface area contributed by atoms with Crippen LogP contribution in [0.25, 0.3) is 0 Å². The second-order valence-corrected chi connectivity index (χ2v) is 9.77. The van der Waals surface area contributed by atoms with E-state index in [4.69, 9.17) is 17.0 Å². The lowest BCUT2D eigenvalue weighted by Gasteiger charge is -2.22. The molecule has 0 spiro atoms. The van der Waals surface area contributed by atoms with Crippen LogP contribution in [0.15, 0.2) is 46.9 Å².